The summed E-state index contributed by atoms with van der Waals surface area (Å²) >= 11 is 0. The lowest BCUT2D eigenvalue weighted by atomic mass is 10.1. The van der Waals surface area contributed by atoms with Gasteiger partial charge in [-0.1, -0.05) is 30.9 Å². The number of carbonyl (C=O) groups is 1. The van der Waals surface area contributed by atoms with Crippen molar-refractivity contribution in [1.82, 2.24) is 5.32 Å². The molecule has 0 rings (SSSR count). The summed E-state index contributed by atoms with van der Waals surface area (Å²) < 4.78 is 0. The second kappa shape index (κ2) is 7.13. The Kier molecular flexibility index (Phi) is 6.46. The van der Waals surface area contributed by atoms with Gasteiger partial charge in [0.1, 0.15) is 0 Å². The minimum Gasteiger partial charge on any atom is -0.354 e. The van der Waals surface area contributed by atoms with Gasteiger partial charge in [-0.05, 0) is 26.3 Å². The number of allylic oxidation sites excluding steroid dienone is 4. The molecule has 0 atom stereocenters. The van der Waals surface area contributed by atoms with Crippen LogP contribution in [0.1, 0.15) is 27.2 Å². The minimum atomic E-state index is 0.0376. The van der Waals surface area contributed by atoms with E-state index in [2.05, 4.69) is 11.9 Å². The van der Waals surface area contributed by atoms with Crippen LogP contribution in [0.3, 0.4) is 0 Å². The lowest BCUT2D eigenvalue weighted by Gasteiger charge is -2.07. The Morgan fingerprint density at radius 2 is 2.14 bits per heavy atom. The number of hydrogen-bond donors (Lipinski definition) is 1. The smallest absolute Gasteiger partial charge is 0.224 e. The van der Waals surface area contributed by atoms with E-state index in [9.17, 15) is 4.79 Å². The quantitative estimate of drug-likeness (QED) is 0.668. The van der Waals surface area contributed by atoms with Crippen molar-refractivity contribution >= 4 is 5.91 Å². The van der Waals surface area contributed by atoms with Crippen LogP contribution in [0.25, 0.3) is 0 Å². The Morgan fingerprint density at radius 3 is 2.57 bits per heavy atom. The molecule has 0 aromatic carbocycles. The van der Waals surface area contributed by atoms with E-state index in [1.165, 1.54) is 0 Å². The first-order chi connectivity index (χ1) is 6.60. The fourth-order valence-electron chi connectivity index (χ4n) is 0.977. The third-order valence-corrected chi connectivity index (χ3v) is 1.58. The molecule has 0 saturated carbocycles. The molecule has 0 saturated heterocycles. The average molecular weight is 193 g/mol. The molecule has 1 N–H and O–H groups in total. The van der Waals surface area contributed by atoms with E-state index in [-0.39, 0.29) is 11.9 Å². The molecule has 2 nitrogen and oxygen atoms in total. The third kappa shape index (κ3) is 6.23. The zero-order chi connectivity index (χ0) is 11.0. The van der Waals surface area contributed by atoms with Crippen LogP contribution in [0.15, 0.2) is 36.5 Å². The van der Waals surface area contributed by atoms with Crippen LogP contribution < -0.4 is 5.32 Å². The standard InChI is InChI=1S/C12H19NO/c1-5-7-8-11(6-2)9-12(14)13-10(3)4/h5-8,10H,2,9H2,1,3-4H3,(H,13,14)/b7-5-,11-8+. The molecule has 2 heteroatoms. The summed E-state index contributed by atoms with van der Waals surface area (Å²) in [5.74, 6) is 0.0376. The lowest BCUT2D eigenvalue weighted by Crippen LogP contribution is -2.29. The molecule has 0 fully saturated rings. The van der Waals surface area contributed by atoms with E-state index in [0.717, 1.165) is 5.57 Å². The average Bonchev–Trinajstić information content (AvgIpc) is 2.10. The van der Waals surface area contributed by atoms with E-state index in [4.69, 9.17) is 0 Å². The molecule has 0 aliphatic rings. The van der Waals surface area contributed by atoms with Crippen LogP contribution in [0.2, 0.25) is 0 Å². The van der Waals surface area contributed by atoms with E-state index in [0.29, 0.717) is 6.42 Å². The largest absolute Gasteiger partial charge is 0.354 e. The predicted molar refractivity (Wildman–Crippen MR) is 61.0 cm³/mol. The fourth-order valence-corrected chi connectivity index (χ4v) is 0.977. The molecule has 0 aliphatic carbocycles. The molecular weight excluding hydrogens is 174 g/mol. The fraction of sp³-hybridized carbons (Fsp3) is 0.417. The van der Waals surface area contributed by atoms with Gasteiger partial charge in [0.15, 0.2) is 0 Å². The molecule has 1 amide bonds. The van der Waals surface area contributed by atoms with Crippen molar-refractivity contribution in [2.75, 3.05) is 0 Å². The summed E-state index contributed by atoms with van der Waals surface area (Å²) in [7, 11) is 0. The van der Waals surface area contributed by atoms with Crippen molar-refractivity contribution < 1.29 is 4.79 Å². The second-order valence-electron chi connectivity index (χ2n) is 3.37. The molecule has 0 aromatic heterocycles. The zero-order valence-corrected chi connectivity index (χ0v) is 9.21. The second-order valence-corrected chi connectivity index (χ2v) is 3.37. The SMILES string of the molecule is C=C/C(=C\C=C/C)CC(=O)NC(C)C. The first kappa shape index (κ1) is 12.7. The van der Waals surface area contributed by atoms with Gasteiger partial charge in [-0.2, -0.15) is 0 Å². The van der Waals surface area contributed by atoms with Crippen molar-refractivity contribution in [3.8, 4) is 0 Å². The van der Waals surface area contributed by atoms with E-state index < -0.39 is 0 Å². The zero-order valence-electron chi connectivity index (χ0n) is 9.21. The highest BCUT2D eigenvalue weighted by molar-refractivity contribution is 5.79. The molecule has 0 aromatic rings. The van der Waals surface area contributed by atoms with Crippen molar-refractivity contribution in [3.05, 3.63) is 36.5 Å². The first-order valence-corrected chi connectivity index (χ1v) is 4.83. The predicted octanol–water partition coefficient (Wildman–Crippen LogP) is 2.59. The van der Waals surface area contributed by atoms with Crippen LogP contribution in [0.4, 0.5) is 0 Å². The van der Waals surface area contributed by atoms with Crippen molar-refractivity contribution in [2.24, 2.45) is 0 Å². The molecule has 14 heavy (non-hydrogen) atoms. The number of nitrogens with one attached hydrogen (secondary N) is 1. The maximum atomic E-state index is 11.4. The van der Waals surface area contributed by atoms with Crippen LogP contribution in [-0.2, 0) is 4.79 Å². The molecule has 0 spiro atoms. The monoisotopic (exact) mass is 193 g/mol. The van der Waals surface area contributed by atoms with Crippen LogP contribution >= 0.6 is 0 Å². The third-order valence-electron chi connectivity index (χ3n) is 1.58. The van der Waals surface area contributed by atoms with Gasteiger partial charge in [-0.3, -0.25) is 4.79 Å². The van der Waals surface area contributed by atoms with Crippen molar-refractivity contribution in [1.29, 1.82) is 0 Å². The summed E-state index contributed by atoms with van der Waals surface area (Å²) in [5.41, 5.74) is 0.932. The minimum absolute atomic E-state index is 0.0376. The highest BCUT2D eigenvalue weighted by atomic mass is 16.1. The van der Waals surface area contributed by atoms with E-state index >= 15 is 0 Å². The molecule has 0 radical (unpaired) electrons. The molecule has 0 bridgehead atoms. The lowest BCUT2D eigenvalue weighted by molar-refractivity contribution is -0.120. The van der Waals surface area contributed by atoms with E-state index in [1.807, 2.05) is 39.0 Å². The van der Waals surface area contributed by atoms with Crippen LogP contribution in [0, 0.1) is 0 Å². The maximum Gasteiger partial charge on any atom is 0.224 e. The normalized spacial score (nSPS) is 12.1. The maximum absolute atomic E-state index is 11.4. The van der Waals surface area contributed by atoms with Gasteiger partial charge in [0.25, 0.3) is 0 Å². The summed E-state index contributed by atoms with van der Waals surface area (Å²) in [6, 6.07) is 0.190. The Balaban J connectivity index is 4.18. The Labute approximate surface area is 86.4 Å². The molecule has 78 valence electrons. The highest BCUT2D eigenvalue weighted by Gasteiger charge is 2.03. The number of rotatable bonds is 5. The van der Waals surface area contributed by atoms with Crippen LogP contribution in [0.5, 0.6) is 0 Å². The van der Waals surface area contributed by atoms with E-state index in [1.54, 1.807) is 6.08 Å². The molecular formula is C12H19NO. The van der Waals surface area contributed by atoms with Gasteiger partial charge in [-0.15, -0.1) is 0 Å². The summed E-state index contributed by atoms with van der Waals surface area (Å²) in [6.07, 6.45) is 7.82. The van der Waals surface area contributed by atoms with Crippen molar-refractivity contribution in [2.45, 2.75) is 33.2 Å². The van der Waals surface area contributed by atoms with Gasteiger partial charge in [0, 0.05) is 6.04 Å². The van der Waals surface area contributed by atoms with Gasteiger partial charge in [-0.25, -0.2) is 0 Å². The summed E-state index contributed by atoms with van der Waals surface area (Å²) in [4.78, 5) is 11.4. The number of amides is 1. The van der Waals surface area contributed by atoms with Gasteiger partial charge in [0.2, 0.25) is 5.91 Å². The summed E-state index contributed by atoms with van der Waals surface area (Å²) in [6.45, 7) is 9.49. The van der Waals surface area contributed by atoms with Crippen LogP contribution in [-0.4, -0.2) is 11.9 Å². The molecule has 0 aliphatic heterocycles. The Bertz CT molecular complexity index is 249. The van der Waals surface area contributed by atoms with Gasteiger partial charge >= 0.3 is 0 Å². The number of hydrogen-bond acceptors (Lipinski definition) is 1. The van der Waals surface area contributed by atoms with Gasteiger partial charge in [0.05, 0.1) is 6.42 Å². The number of carbonyl (C=O) groups excluding carboxylic acids is 1. The molecule has 0 heterocycles. The Morgan fingerprint density at radius 1 is 1.50 bits per heavy atom. The highest BCUT2D eigenvalue weighted by Crippen LogP contribution is 2.03. The summed E-state index contributed by atoms with van der Waals surface area (Å²) in [5, 5.41) is 2.83. The topological polar surface area (TPSA) is 29.1 Å². The van der Waals surface area contributed by atoms with Gasteiger partial charge < -0.3 is 5.32 Å². The first-order valence-electron chi connectivity index (χ1n) is 4.83. The van der Waals surface area contributed by atoms with Crippen molar-refractivity contribution in [3.63, 3.8) is 0 Å². The Hall–Kier alpha value is -1.31. The molecule has 0 unspecified atom stereocenters.